The van der Waals surface area contributed by atoms with Gasteiger partial charge in [0.1, 0.15) is 5.54 Å². The maximum Gasteiger partial charge on any atom is 0.323 e. The lowest BCUT2D eigenvalue weighted by molar-refractivity contribution is -0.148. The molecule has 1 amide bonds. The van der Waals surface area contributed by atoms with Crippen LogP contribution in [0.5, 0.6) is 0 Å². The largest absolute Gasteiger partial charge is 0.480 e. The van der Waals surface area contributed by atoms with Gasteiger partial charge in [-0.05, 0) is 38.1 Å². The Bertz CT molecular complexity index is 634. The lowest BCUT2D eigenvalue weighted by atomic mass is 9.89. The van der Waals surface area contributed by atoms with Crippen molar-refractivity contribution in [2.75, 3.05) is 20.3 Å². The van der Waals surface area contributed by atoms with Crippen LogP contribution in [0.2, 0.25) is 5.02 Å². The topological polar surface area (TPSA) is 110 Å². The number of hydrogen-bond acceptors (Lipinski definition) is 5. The third kappa shape index (κ3) is 3.79. The number of benzene rings is 1. The molecule has 0 radical (unpaired) electrons. The fourth-order valence-electron chi connectivity index (χ4n) is 3.31. The fourth-order valence-corrected chi connectivity index (χ4v) is 3.43. The van der Waals surface area contributed by atoms with Crippen molar-refractivity contribution in [1.29, 1.82) is 0 Å². The van der Waals surface area contributed by atoms with E-state index in [1.54, 1.807) is 43.1 Å². The number of likely N-dealkylation sites (N-methyl/N-ethyl adjacent to an activating group) is 1. The summed E-state index contributed by atoms with van der Waals surface area (Å²) in [6, 6.07) is 5.69. The second kappa shape index (κ2) is 7.70. The maximum atomic E-state index is 12.7. The van der Waals surface area contributed by atoms with Crippen LogP contribution in [0.15, 0.2) is 24.3 Å². The van der Waals surface area contributed by atoms with Crippen molar-refractivity contribution in [1.82, 2.24) is 10.2 Å². The van der Waals surface area contributed by atoms with E-state index in [9.17, 15) is 24.9 Å². The van der Waals surface area contributed by atoms with E-state index in [1.807, 2.05) is 0 Å². The number of aliphatic carboxylic acids is 1. The summed E-state index contributed by atoms with van der Waals surface area (Å²) in [6.07, 6.45) is 0.113. The summed E-state index contributed by atoms with van der Waals surface area (Å²) in [7, 11) is 1.68. The number of rotatable bonds is 6. The summed E-state index contributed by atoms with van der Waals surface area (Å²) in [4.78, 5) is 26.2. The average Bonchev–Trinajstić information content (AvgIpc) is 2.86. The van der Waals surface area contributed by atoms with Crippen molar-refractivity contribution in [3.8, 4) is 0 Å². The number of carboxylic acids is 1. The van der Waals surface area contributed by atoms with Crippen molar-refractivity contribution in [3.63, 3.8) is 0 Å². The van der Waals surface area contributed by atoms with Crippen LogP contribution in [0.1, 0.15) is 24.9 Å². The summed E-state index contributed by atoms with van der Waals surface area (Å²) in [6.45, 7) is 0.792. The molecule has 1 fully saturated rings. The first-order valence-electron chi connectivity index (χ1n) is 7.98. The van der Waals surface area contributed by atoms with Crippen molar-refractivity contribution in [2.24, 2.45) is 5.92 Å². The predicted molar refractivity (Wildman–Crippen MR) is 92.2 cm³/mol. The highest BCUT2D eigenvalue weighted by molar-refractivity contribution is 6.30. The van der Waals surface area contributed by atoms with Gasteiger partial charge in [0, 0.05) is 11.1 Å². The summed E-state index contributed by atoms with van der Waals surface area (Å²) in [5, 5.41) is 31.1. The Labute approximate surface area is 151 Å². The van der Waals surface area contributed by atoms with Crippen molar-refractivity contribution in [2.45, 2.75) is 31.0 Å². The predicted octanol–water partition coefficient (Wildman–Crippen LogP) is 0.646. The maximum absolute atomic E-state index is 12.7. The lowest BCUT2D eigenvalue weighted by Gasteiger charge is -2.32. The Balaban J connectivity index is 2.38. The lowest BCUT2D eigenvalue weighted by Crippen LogP contribution is -2.46. The molecule has 2 rings (SSSR count). The van der Waals surface area contributed by atoms with Gasteiger partial charge in [-0.1, -0.05) is 23.7 Å². The minimum Gasteiger partial charge on any atom is -0.480 e. The molecule has 0 aliphatic carbocycles. The number of hydrogen-bond donors (Lipinski definition) is 4. The zero-order chi connectivity index (χ0) is 18.8. The van der Waals surface area contributed by atoms with Gasteiger partial charge >= 0.3 is 5.97 Å². The van der Waals surface area contributed by atoms with Crippen molar-refractivity contribution < 1.29 is 24.9 Å². The summed E-state index contributed by atoms with van der Waals surface area (Å²) >= 11 is 5.92. The molecule has 25 heavy (non-hydrogen) atoms. The highest BCUT2D eigenvalue weighted by atomic mass is 35.5. The molecular formula is C17H23ClN2O5. The molecule has 1 aromatic rings. The average molecular weight is 371 g/mol. The molecule has 1 heterocycles. The van der Waals surface area contributed by atoms with Gasteiger partial charge in [-0.25, -0.2) is 0 Å². The Kier molecular flexibility index (Phi) is 6.05. The monoisotopic (exact) mass is 370 g/mol. The highest BCUT2D eigenvalue weighted by Gasteiger charge is 2.54. The molecular weight excluding hydrogens is 348 g/mol. The molecule has 4 N–H and O–H groups in total. The molecule has 0 bridgehead atoms. The normalized spacial score (nSPS) is 26.8. The number of amides is 1. The van der Waals surface area contributed by atoms with Crippen LogP contribution in [0.4, 0.5) is 0 Å². The number of aliphatic hydroxyl groups excluding tert-OH is 2. The quantitative estimate of drug-likeness (QED) is 0.585. The molecule has 0 spiro atoms. The van der Waals surface area contributed by atoms with Crippen LogP contribution in [0, 0.1) is 5.92 Å². The Morgan fingerprint density at radius 1 is 1.32 bits per heavy atom. The molecule has 138 valence electrons. The van der Waals surface area contributed by atoms with Crippen LogP contribution in [0.3, 0.4) is 0 Å². The van der Waals surface area contributed by atoms with E-state index in [0.29, 0.717) is 5.02 Å². The standard InChI is InChI=1S/C17H23ClN2O5/c1-17(16(24)25)7-13(15(23)19-12(8-21)9-22)14(20(17)2)10-3-5-11(18)6-4-10/h3-6,12-14,21-22H,7-9H2,1-2H3,(H,19,23)(H,24,25)/t13-,14-,17-/m0/s1. The molecule has 0 unspecified atom stereocenters. The number of carboxylic acid groups (broad SMARTS) is 1. The third-order valence-electron chi connectivity index (χ3n) is 4.99. The number of nitrogens with zero attached hydrogens (tertiary/aromatic N) is 1. The fraction of sp³-hybridized carbons (Fsp3) is 0.529. The van der Waals surface area contributed by atoms with Crippen LogP contribution < -0.4 is 5.32 Å². The van der Waals surface area contributed by atoms with Gasteiger partial charge in [-0.3, -0.25) is 14.5 Å². The van der Waals surface area contributed by atoms with Gasteiger partial charge in [0.05, 0.1) is 25.2 Å². The number of nitrogens with one attached hydrogen (secondary N) is 1. The van der Waals surface area contributed by atoms with E-state index in [-0.39, 0.29) is 6.42 Å². The third-order valence-corrected chi connectivity index (χ3v) is 5.24. The van der Waals surface area contributed by atoms with Crippen LogP contribution in [-0.4, -0.2) is 63.9 Å². The number of likely N-dealkylation sites (tertiary alicyclic amines) is 1. The Morgan fingerprint density at radius 3 is 2.36 bits per heavy atom. The van der Waals surface area contributed by atoms with E-state index in [1.165, 1.54) is 0 Å². The summed E-state index contributed by atoms with van der Waals surface area (Å²) in [5.41, 5.74) is -0.429. The van der Waals surface area contributed by atoms with Crippen LogP contribution in [0.25, 0.3) is 0 Å². The van der Waals surface area contributed by atoms with Gasteiger partial charge in [-0.2, -0.15) is 0 Å². The zero-order valence-electron chi connectivity index (χ0n) is 14.1. The second-order valence-electron chi connectivity index (χ2n) is 6.57. The summed E-state index contributed by atoms with van der Waals surface area (Å²) < 4.78 is 0. The molecule has 1 saturated heterocycles. The SMILES string of the molecule is CN1[C@@H](c2ccc(Cl)cc2)[C@@H](C(=O)NC(CO)CO)C[C@@]1(C)C(=O)O. The van der Waals surface area contributed by atoms with E-state index < -0.39 is 48.6 Å². The minimum atomic E-state index is -1.21. The van der Waals surface area contributed by atoms with Crippen molar-refractivity contribution in [3.05, 3.63) is 34.9 Å². The number of halogens is 1. The molecule has 0 saturated carbocycles. The molecule has 7 nitrogen and oxygen atoms in total. The van der Waals surface area contributed by atoms with E-state index in [2.05, 4.69) is 5.32 Å². The number of aliphatic hydroxyl groups is 2. The molecule has 1 aliphatic heterocycles. The smallest absolute Gasteiger partial charge is 0.323 e. The first-order chi connectivity index (χ1) is 11.7. The molecule has 8 heteroatoms. The van der Waals surface area contributed by atoms with Gasteiger partial charge in [0.2, 0.25) is 5.91 Å². The van der Waals surface area contributed by atoms with Crippen LogP contribution in [-0.2, 0) is 9.59 Å². The number of carbonyl (C=O) groups excluding carboxylic acids is 1. The van der Waals surface area contributed by atoms with Gasteiger partial charge in [-0.15, -0.1) is 0 Å². The van der Waals surface area contributed by atoms with Gasteiger partial charge in [0.15, 0.2) is 0 Å². The second-order valence-corrected chi connectivity index (χ2v) is 7.00. The van der Waals surface area contributed by atoms with Crippen LogP contribution >= 0.6 is 11.6 Å². The number of carbonyl (C=O) groups is 2. The molecule has 1 aromatic carbocycles. The van der Waals surface area contributed by atoms with E-state index >= 15 is 0 Å². The van der Waals surface area contributed by atoms with E-state index in [4.69, 9.17) is 11.6 Å². The van der Waals surface area contributed by atoms with Gasteiger partial charge in [0.25, 0.3) is 0 Å². The minimum absolute atomic E-state index is 0.113. The Morgan fingerprint density at radius 2 is 1.88 bits per heavy atom. The Hall–Kier alpha value is -1.67. The van der Waals surface area contributed by atoms with E-state index in [0.717, 1.165) is 5.56 Å². The molecule has 3 atom stereocenters. The zero-order valence-corrected chi connectivity index (χ0v) is 14.9. The highest BCUT2D eigenvalue weighted by Crippen LogP contribution is 2.46. The van der Waals surface area contributed by atoms with Gasteiger partial charge < -0.3 is 20.6 Å². The summed E-state index contributed by atoms with van der Waals surface area (Å²) in [5.74, 6) is -2.05. The first kappa shape index (κ1) is 19.7. The molecule has 0 aromatic heterocycles. The molecule has 1 aliphatic rings. The first-order valence-corrected chi connectivity index (χ1v) is 8.36. The van der Waals surface area contributed by atoms with Crippen molar-refractivity contribution >= 4 is 23.5 Å².